The van der Waals surface area contributed by atoms with Gasteiger partial charge < -0.3 is 5.32 Å². The molecule has 0 fully saturated rings. The lowest BCUT2D eigenvalue weighted by Gasteiger charge is -2.08. The van der Waals surface area contributed by atoms with Crippen LogP contribution >= 0.6 is 0 Å². The molecular weight excluding hydrogens is 146 g/mol. The van der Waals surface area contributed by atoms with Gasteiger partial charge in [-0.15, -0.1) is 0 Å². The van der Waals surface area contributed by atoms with E-state index in [1.165, 1.54) is 23.2 Å². The third-order valence-electron chi connectivity index (χ3n) is 1.95. The summed E-state index contributed by atoms with van der Waals surface area (Å²) >= 11 is 0. The molecule has 0 heterocycles. The minimum Gasteiger partial charge on any atom is -0.385 e. The Labute approximate surface area is 74.8 Å². The van der Waals surface area contributed by atoms with Crippen LogP contribution in [0.1, 0.15) is 24.5 Å². The van der Waals surface area contributed by atoms with Gasteiger partial charge in [0.1, 0.15) is 0 Å². The molecule has 0 aromatic heterocycles. The van der Waals surface area contributed by atoms with Crippen LogP contribution in [0.15, 0.2) is 18.2 Å². The van der Waals surface area contributed by atoms with Crippen molar-refractivity contribution >= 4 is 5.69 Å². The summed E-state index contributed by atoms with van der Waals surface area (Å²) in [5.41, 5.74) is 3.93. The second-order valence-electron chi connectivity index (χ2n) is 3.25. The van der Waals surface area contributed by atoms with E-state index in [-0.39, 0.29) is 0 Å². The van der Waals surface area contributed by atoms with E-state index in [0.717, 1.165) is 6.54 Å². The molecule has 0 amide bonds. The Morgan fingerprint density at radius 2 is 2.00 bits per heavy atom. The molecule has 0 aliphatic carbocycles. The highest BCUT2D eigenvalue weighted by atomic mass is 14.9. The second kappa shape index (κ2) is 4.15. The Morgan fingerprint density at radius 1 is 1.25 bits per heavy atom. The fourth-order valence-corrected chi connectivity index (χ4v) is 1.27. The average molecular weight is 163 g/mol. The van der Waals surface area contributed by atoms with Gasteiger partial charge in [0, 0.05) is 12.2 Å². The molecule has 0 aliphatic heterocycles. The van der Waals surface area contributed by atoms with Crippen LogP contribution in [-0.4, -0.2) is 6.54 Å². The van der Waals surface area contributed by atoms with E-state index in [1.807, 2.05) is 0 Å². The van der Waals surface area contributed by atoms with Crippen molar-refractivity contribution in [1.82, 2.24) is 0 Å². The van der Waals surface area contributed by atoms with Gasteiger partial charge in [-0.05, 0) is 31.9 Å². The first kappa shape index (κ1) is 9.11. The van der Waals surface area contributed by atoms with Crippen LogP contribution in [0.4, 0.5) is 5.69 Å². The maximum atomic E-state index is 3.39. The monoisotopic (exact) mass is 163 g/mol. The largest absolute Gasteiger partial charge is 0.385 e. The summed E-state index contributed by atoms with van der Waals surface area (Å²) in [5.74, 6) is 0. The predicted octanol–water partition coefficient (Wildman–Crippen LogP) is 3.13. The second-order valence-corrected chi connectivity index (χ2v) is 3.25. The lowest BCUT2D eigenvalue weighted by Crippen LogP contribution is -2.01. The van der Waals surface area contributed by atoms with E-state index in [1.54, 1.807) is 0 Å². The summed E-state index contributed by atoms with van der Waals surface area (Å²) in [7, 11) is 0. The Morgan fingerprint density at radius 3 is 2.58 bits per heavy atom. The maximum absolute atomic E-state index is 3.39. The Hall–Kier alpha value is -0.980. The molecule has 1 N–H and O–H groups in total. The van der Waals surface area contributed by atoms with E-state index < -0.39 is 0 Å². The Balaban J connectivity index is 2.72. The first-order valence-corrected chi connectivity index (χ1v) is 4.55. The van der Waals surface area contributed by atoms with E-state index in [0.29, 0.717) is 0 Å². The number of rotatable bonds is 3. The van der Waals surface area contributed by atoms with Gasteiger partial charge in [0.25, 0.3) is 0 Å². The first-order chi connectivity index (χ1) is 5.74. The number of hydrogen-bond acceptors (Lipinski definition) is 1. The highest BCUT2D eigenvalue weighted by molar-refractivity contribution is 5.51. The van der Waals surface area contributed by atoms with Crippen LogP contribution in [0.3, 0.4) is 0 Å². The molecule has 1 nitrogen and oxygen atoms in total. The molecule has 66 valence electrons. The summed E-state index contributed by atoms with van der Waals surface area (Å²) < 4.78 is 0. The molecule has 1 aromatic rings. The maximum Gasteiger partial charge on any atom is 0.0370 e. The molecule has 0 atom stereocenters. The highest BCUT2D eigenvalue weighted by Crippen LogP contribution is 2.15. The van der Waals surface area contributed by atoms with Crippen LogP contribution < -0.4 is 5.32 Å². The van der Waals surface area contributed by atoms with Crippen molar-refractivity contribution in [3.05, 3.63) is 29.3 Å². The quantitative estimate of drug-likeness (QED) is 0.722. The minimum absolute atomic E-state index is 1.06. The number of benzene rings is 1. The topological polar surface area (TPSA) is 12.0 Å². The van der Waals surface area contributed by atoms with Gasteiger partial charge in [-0.25, -0.2) is 0 Å². The van der Waals surface area contributed by atoms with Gasteiger partial charge in [-0.1, -0.05) is 24.6 Å². The number of nitrogens with one attached hydrogen (secondary N) is 1. The molecule has 0 saturated heterocycles. The van der Waals surface area contributed by atoms with Crippen molar-refractivity contribution < 1.29 is 0 Å². The Bertz CT molecular complexity index is 253. The molecule has 12 heavy (non-hydrogen) atoms. The summed E-state index contributed by atoms with van der Waals surface area (Å²) in [6.07, 6.45) is 1.17. The van der Waals surface area contributed by atoms with Gasteiger partial charge >= 0.3 is 0 Å². The zero-order valence-corrected chi connectivity index (χ0v) is 8.15. The van der Waals surface area contributed by atoms with E-state index >= 15 is 0 Å². The zero-order valence-electron chi connectivity index (χ0n) is 8.15. The van der Waals surface area contributed by atoms with Gasteiger partial charge in [-0.2, -0.15) is 0 Å². The minimum atomic E-state index is 1.06. The SMILES string of the molecule is CCCNc1ccc(C)cc1C. The summed E-state index contributed by atoms with van der Waals surface area (Å²) in [5, 5.41) is 3.39. The van der Waals surface area contributed by atoms with Crippen molar-refractivity contribution in [2.24, 2.45) is 0 Å². The van der Waals surface area contributed by atoms with Crippen LogP contribution in [0, 0.1) is 13.8 Å². The van der Waals surface area contributed by atoms with Crippen molar-refractivity contribution in [2.45, 2.75) is 27.2 Å². The molecule has 0 bridgehead atoms. The van der Waals surface area contributed by atoms with Gasteiger partial charge in [0.2, 0.25) is 0 Å². The summed E-state index contributed by atoms with van der Waals surface area (Å²) in [6, 6.07) is 6.50. The van der Waals surface area contributed by atoms with Crippen LogP contribution in [0.5, 0.6) is 0 Å². The van der Waals surface area contributed by atoms with E-state index in [9.17, 15) is 0 Å². The average Bonchev–Trinajstić information content (AvgIpc) is 2.03. The third kappa shape index (κ3) is 2.26. The Kier molecular flexibility index (Phi) is 3.15. The van der Waals surface area contributed by atoms with Crippen molar-refractivity contribution in [2.75, 3.05) is 11.9 Å². The molecule has 0 radical (unpaired) electrons. The zero-order chi connectivity index (χ0) is 8.97. The van der Waals surface area contributed by atoms with Crippen LogP contribution in [-0.2, 0) is 0 Å². The molecule has 0 unspecified atom stereocenters. The smallest absolute Gasteiger partial charge is 0.0370 e. The van der Waals surface area contributed by atoms with Crippen molar-refractivity contribution in [3.63, 3.8) is 0 Å². The molecule has 1 heteroatoms. The third-order valence-corrected chi connectivity index (χ3v) is 1.95. The number of anilines is 1. The normalized spacial score (nSPS) is 9.92. The summed E-state index contributed by atoms with van der Waals surface area (Å²) in [6.45, 7) is 7.50. The standard InChI is InChI=1S/C11H17N/c1-4-7-12-11-6-5-9(2)8-10(11)3/h5-6,8,12H,4,7H2,1-3H3. The lowest BCUT2D eigenvalue weighted by atomic mass is 10.1. The van der Waals surface area contributed by atoms with Gasteiger partial charge in [0.15, 0.2) is 0 Å². The fraction of sp³-hybridized carbons (Fsp3) is 0.455. The predicted molar refractivity (Wildman–Crippen MR) is 54.7 cm³/mol. The summed E-state index contributed by atoms with van der Waals surface area (Å²) in [4.78, 5) is 0. The van der Waals surface area contributed by atoms with Crippen molar-refractivity contribution in [3.8, 4) is 0 Å². The highest BCUT2D eigenvalue weighted by Gasteiger charge is 1.95. The van der Waals surface area contributed by atoms with Gasteiger partial charge in [-0.3, -0.25) is 0 Å². The lowest BCUT2D eigenvalue weighted by molar-refractivity contribution is 0.977. The van der Waals surface area contributed by atoms with Gasteiger partial charge in [0.05, 0.1) is 0 Å². The first-order valence-electron chi connectivity index (χ1n) is 4.55. The fourth-order valence-electron chi connectivity index (χ4n) is 1.27. The van der Waals surface area contributed by atoms with E-state index in [2.05, 4.69) is 44.3 Å². The molecule has 0 aliphatic rings. The molecule has 1 aromatic carbocycles. The van der Waals surface area contributed by atoms with Crippen molar-refractivity contribution in [1.29, 1.82) is 0 Å². The molecule has 1 rings (SSSR count). The van der Waals surface area contributed by atoms with Crippen LogP contribution in [0.25, 0.3) is 0 Å². The number of aryl methyl sites for hydroxylation is 2. The molecule has 0 saturated carbocycles. The molecular formula is C11H17N. The number of hydrogen-bond donors (Lipinski definition) is 1. The van der Waals surface area contributed by atoms with E-state index in [4.69, 9.17) is 0 Å². The molecule has 0 spiro atoms. The van der Waals surface area contributed by atoms with Crippen LogP contribution in [0.2, 0.25) is 0 Å².